The number of rotatable bonds is 3. The molecule has 0 aliphatic carbocycles. The van der Waals surface area contributed by atoms with Crippen LogP contribution in [0.4, 0.5) is 0 Å². The van der Waals surface area contributed by atoms with Crippen LogP contribution in [0.5, 0.6) is 0 Å². The first-order valence-corrected chi connectivity index (χ1v) is 3.92. The second kappa shape index (κ2) is 5.32. The molecule has 0 aliphatic heterocycles. The lowest BCUT2D eigenvalue weighted by Gasteiger charge is -2.01. The van der Waals surface area contributed by atoms with Crippen molar-refractivity contribution in [1.29, 1.82) is 5.41 Å². The molecule has 4 heteroatoms. The molecule has 10 heavy (non-hydrogen) atoms. The summed E-state index contributed by atoms with van der Waals surface area (Å²) >= 11 is 0.933. The van der Waals surface area contributed by atoms with Gasteiger partial charge < -0.3 is 5.32 Å². The zero-order valence-corrected chi connectivity index (χ0v) is 7.03. The fourth-order valence-corrected chi connectivity index (χ4v) is 0.502. The molecular weight excluding hydrogens is 146 g/mol. The summed E-state index contributed by atoms with van der Waals surface area (Å²) in [6, 6.07) is 0.409. The lowest BCUT2D eigenvalue weighted by atomic mass is 10.4. The van der Waals surface area contributed by atoms with Crippen molar-refractivity contribution in [3.05, 3.63) is 12.3 Å². The van der Waals surface area contributed by atoms with Gasteiger partial charge in [0.1, 0.15) is 5.04 Å². The standard InChI is InChI=1S/C6H13N3S/c1-5(2)9-4-3-6(7)10-8/h3-5,7,9H,8H2,1-2H3/b4-3-,7-6?. The Bertz CT molecular complexity index is 131. The summed E-state index contributed by atoms with van der Waals surface area (Å²) < 4.78 is 0. The van der Waals surface area contributed by atoms with E-state index in [1.165, 1.54) is 0 Å². The highest BCUT2D eigenvalue weighted by molar-refractivity contribution is 8.12. The number of nitrogens with one attached hydrogen (secondary N) is 2. The first kappa shape index (κ1) is 9.52. The van der Waals surface area contributed by atoms with Crippen LogP contribution >= 0.6 is 11.9 Å². The molecule has 0 bridgehead atoms. The van der Waals surface area contributed by atoms with Gasteiger partial charge >= 0.3 is 0 Å². The second-order valence-corrected chi connectivity index (χ2v) is 2.81. The van der Waals surface area contributed by atoms with E-state index in [2.05, 4.69) is 5.32 Å². The van der Waals surface area contributed by atoms with Crippen LogP contribution < -0.4 is 10.5 Å². The van der Waals surface area contributed by atoms with Gasteiger partial charge in [-0.1, -0.05) is 0 Å². The monoisotopic (exact) mass is 159 g/mol. The minimum Gasteiger partial charge on any atom is -0.389 e. The van der Waals surface area contributed by atoms with E-state index in [-0.39, 0.29) is 0 Å². The van der Waals surface area contributed by atoms with Gasteiger partial charge in [0, 0.05) is 6.04 Å². The smallest absolute Gasteiger partial charge is 0.103 e. The minimum absolute atomic E-state index is 0.355. The van der Waals surface area contributed by atoms with Crippen LogP contribution in [0.1, 0.15) is 13.8 Å². The van der Waals surface area contributed by atoms with E-state index >= 15 is 0 Å². The maximum absolute atomic E-state index is 7.09. The van der Waals surface area contributed by atoms with Gasteiger partial charge in [0.05, 0.1) is 0 Å². The molecule has 0 aromatic carbocycles. The van der Waals surface area contributed by atoms with Crippen molar-refractivity contribution in [2.24, 2.45) is 5.14 Å². The van der Waals surface area contributed by atoms with E-state index in [1.807, 2.05) is 13.8 Å². The molecule has 0 saturated carbocycles. The largest absolute Gasteiger partial charge is 0.389 e. The predicted octanol–water partition coefficient (Wildman–Crippen LogP) is 1.08. The second-order valence-electron chi connectivity index (χ2n) is 2.14. The molecule has 0 unspecified atom stereocenters. The van der Waals surface area contributed by atoms with Gasteiger partial charge in [-0.15, -0.1) is 0 Å². The number of nitrogens with two attached hydrogens (primary N) is 1. The molecule has 0 aliphatic rings. The molecule has 0 rings (SSSR count). The Kier molecular flexibility index (Phi) is 5.06. The first-order valence-electron chi connectivity index (χ1n) is 3.04. The Labute approximate surface area is 65.7 Å². The van der Waals surface area contributed by atoms with Crippen LogP contribution in [0.2, 0.25) is 0 Å². The van der Waals surface area contributed by atoms with Crippen molar-refractivity contribution in [3.8, 4) is 0 Å². The van der Waals surface area contributed by atoms with Crippen molar-refractivity contribution in [1.82, 2.24) is 5.32 Å². The van der Waals surface area contributed by atoms with E-state index in [1.54, 1.807) is 12.3 Å². The van der Waals surface area contributed by atoms with E-state index in [0.717, 1.165) is 11.9 Å². The summed E-state index contributed by atoms with van der Waals surface area (Å²) in [5, 5.41) is 15.6. The van der Waals surface area contributed by atoms with Crippen LogP contribution in [0.3, 0.4) is 0 Å². The van der Waals surface area contributed by atoms with Crippen LogP contribution in [0, 0.1) is 5.41 Å². The average molecular weight is 159 g/mol. The zero-order valence-electron chi connectivity index (χ0n) is 6.22. The minimum atomic E-state index is 0.355. The van der Waals surface area contributed by atoms with E-state index in [0.29, 0.717) is 11.1 Å². The van der Waals surface area contributed by atoms with Gasteiger partial charge in [-0.05, 0) is 38.1 Å². The summed E-state index contributed by atoms with van der Waals surface area (Å²) in [7, 11) is 0. The highest BCUT2D eigenvalue weighted by Crippen LogP contribution is 1.90. The maximum Gasteiger partial charge on any atom is 0.103 e. The highest BCUT2D eigenvalue weighted by Gasteiger charge is 1.86. The molecule has 0 saturated heterocycles. The Balaban J connectivity index is 3.46. The summed E-state index contributed by atoms with van der Waals surface area (Å²) in [5.41, 5.74) is 0. The molecule has 0 aromatic heterocycles. The first-order chi connectivity index (χ1) is 4.66. The molecule has 0 spiro atoms. The summed E-state index contributed by atoms with van der Waals surface area (Å²) in [4.78, 5) is 0. The Morgan fingerprint density at radius 3 is 2.70 bits per heavy atom. The van der Waals surface area contributed by atoms with Crippen molar-refractivity contribution in [3.63, 3.8) is 0 Å². The number of hydrogen-bond acceptors (Lipinski definition) is 4. The van der Waals surface area contributed by atoms with Crippen LogP contribution in [-0.2, 0) is 0 Å². The van der Waals surface area contributed by atoms with E-state index in [9.17, 15) is 0 Å². The van der Waals surface area contributed by atoms with E-state index in [4.69, 9.17) is 10.5 Å². The van der Waals surface area contributed by atoms with Gasteiger partial charge in [0.15, 0.2) is 0 Å². The molecule has 0 heterocycles. The molecule has 0 fully saturated rings. The number of hydrogen-bond donors (Lipinski definition) is 3. The SMILES string of the molecule is CC(C)N/C=C\C(=N)SN. The molecular formula is C6H13N3S. The van der Waals surface area contributed by atoms with Crippen LogP contribution in [-0.4, -0.2) is 11.1 Å². The van der Waals surface area contributed by atoms with Crippen LogP contribution in [0.25, 0.3) is 0 Å². The fourth-order valence-electron chi connectivity index (χ4n) is 0.356. The van der Waals surface area contributed by atoms with Crippen molar-refractivity contribution in [2.45, 2.75) is 19.9 Å². The molecule has 3 nitrogen and oxygen atoms in total. The third-order valence-electron chi connectivity index (χ3n) is 0.791. The average Bonchev–Trinajstić information content (AvgIpc) is 1.87. The summed E-state index contributed by atoms with van der Waals surface area (Å²) in [5.74, 6) is 0. The van der Waals surface area contributed by atoms with Crippen LogP contribution in [0.15, 0.2) is 12.3 Å². The zero-order chi connectivity index (χ0) is 7.98. The van der Waals surface area contributed by atoms with Gasteiger partial charge in [-0.25, -0.2) is 0 Å². The van der Waals surface area contributed by atoms with Crippen molar-refractivity contribution in [2.75, 3.05) is 0 Å². The third-order valence-corrected chi connectivity index (χ3v) is 1.18. The van der Waals surface area contributed by atoms with Gasteiger partial charge in [-0.3, -0.25) is 10.5 Å². The van der Waals surface area contributed by atoms with Gasteiger partial charge in [0.2, 0.25) is 0 Å². The third kappa shape index (κ3) is 5.65. The topological polar surface area (TPSA) is 61.9 Å². The molecule has 0 atom stereocenters. The summed E-state index contributed by atoms with van der Waals surface area (Å²) in [6.45, 7) is 4.06. The van der Waals surface area contributed by atoms with E-state index < -0.39 is 0 Å². The molecule has 4 N–H and O–H groups in total. The Morgan fingerprint density at radius 1 is 1.70 bits per heavy atom. The van der Waals surface area contributed by atoms with Gasteiger partial charge in [-0.2, -0.15) is 0 Å². The molecule has 0 radical (unpaired) electrons. The molecule has 0 aromatic rings. The predicted molar refractivity (Wildman–Crippen MR) is 46.9 cm³/mol. The lowest BCUT2D eigenvalue weighted by molar-refractivity contribution is 0.703. The maximum atomic E-state index is 7.09. The highest BCUT2D eigenvalue weighted by atomic mass is 32.2. The quantitative estimate of drug-likeness (QED) is 0.328. The summed E-state index contributed by atoms with van der Waals surface area (Å²) in [6.07, 6.45) is 3.36. The Morgan fingerprint density at radius 2 is 2.30 bits per heavy atom. The molecule has 58 valence electrons. The fraction of sp³-hybridized carbons (Fsp3) is 0.500. The van der Waals surface area contributed by atoms with Gasteiger partial charge in [0.25, 0.3) is 0 Å². The van der Waals surface area contributed by atoms with Crippen molar-refractivity contribution >= 4 is 17.0 Å². The normalized spacial score (nSPS) is 10.8. The molecule has 0 amide bonds. The van der Waals surface area contributed by atoms with Crippen molar-refractivity contribution < 1.29 is 0 Å². The Hall–Kier alpha value is -0.480. The lowest BCUT2D eigenvalue weighted by Crippen LogP contribution is -2.15.